The average molecular weight is 343 g/mol. The van der Waals surface area contributed by atoms with Gasteiger partial charge < -0.3 is 14.5 Å². The molecule has 1 aliphatic heterocycles. The summed E-state index contributed by atoms with van der Waals surface area (Å²) in [5.41, 5.74) is 2.84. The molecule has 6 nitrogen and oxygen atoms in total. The Labute approximate surface area is 147 Å². The highest BCUT2D eigenvalue weighted by atomic mass is 16.5. The van der Waals surface area contributed by atoms with Crippen molar-refractivity contribution in [2.45, 2.75) is 40.3 Å². The van der Waals surface area contributed by atoms with E-state index in [0.717, 1.165) is 47.8 Å². The molecule has 0 bridgehead atoms. The highest BCUT2D eigenvalue weighted by Gasteiger charge is 2.21. The van der Waals surface area contributed by atoms with Crippen molar-refractivity contribution in [3.8, 4) is 11.5 Å². The van der Waals surface area contributed by atoms with Crippen molar-refractivity contribution in [3.05, 3.63) is 51.2 Å². The molecule has 0 amide bonds. The molecule has 25 heavy (non-hydrogen) atoms. The Balaban J connectivity index is 1.76. The SMILES string of the molecule is CCOc1ccc(CN2CCc3nc(C)[nH]c(=O)c3C2)cc1OCC. The monoisotopic (exact) mass is 343 g/mol. The van der Waals surface area contributed by atoms with Crippen molar-refractivity contribution in [2.75, 3.05) is 19.8 Å². The summed E-state index contributed by atoms with van der Waals surface area (Å²) in [5, 5.41) is 0. The van der Waals surface area contributed by atoms with Gasteiger partial charge in [0.25, 0.3) is 5.56 Å². The molecule has 0 radical (unpaired) electrons. The predicted molar refractivity (Wildman–Crippen MR) is 96.2 cm³/mol. The number of H-pyrrole nitrogens is 1. The lowest BCUT2D eigenvalue weighted by Crippen LogP contribution is -2.35. The molecule has 0 spiro atoms. The third-order valence-electron chi connectivity index (χ3n) is 4.28. The van der Waals surface area contributed by atoms with Crippen LogP contribution in [0.2, 0.25) is 0 Å². The van der Waals surface area contributed by atoms with Crippen molar-refractivity contribution >= 4 is 0 Å². The van der Waals surface area contributed by atoms with Crippen molar-refractivity contribution in [2.24, 2.45) is 0 Å². The molecule has 3 rings (SSSR count). The van der Waals surface area contributed by atoms with Gasteiger partial charge in [0, 0.05) is 26.1 Å². The predicted octanol–water partition coefficient (Wildman–Crippen LogP) is 2.43. The minimum Gasteiger partial charge on any atom is -0.490 e. The van der Waals surface area contributed by atoms with Crippen LogP contribution in [0.1, 0.15) is 36.5 Å². The van der Waals surface area contributed by atoms with Crippen molar-refractivity contribution in [1.29, 1.82) is 0 Å². The zero-order chi connectivity index (χ0) is 17.8. The number of nitrogens with one attached hydrogen (secondary N) is 1. The van der Waals surface area contributed by atoms with Crippen LogP contribution in [0.4, 0.5) is 0 Å². The van der Waals surface area contributed by atoms with Gasteiger partial charge in [0.1, 0.15) is 5.82 Å². The normalized spacial score (nSPS) is 14.2. The zero-order valence-corrected chi connectivity index (χ0v) is 15.1. The number of aromatic nitrogens is 2. The summed E-state index contributed by atoms with van der Waals surface area (Å²) in [6, 6.07) is 6.04. The van der Waals surface area contributed by atoms with Gasteiger partial charge in [0.2, 0.25) is 0 Å². The van der Waals surface area contributed by atoms with Crippen molar-refractivity contribution < 1.29 is 9.47 Å². The third-order valence-corrected chi connectivity index (χ3v) is 4.28. The van der Waals surface area contributed by atoms with E-state index in [9.17, 15) is 4.79 Å². The van der Waals surface area contributed by atoms with Gasteiger partial charge in [-0.05, 0) is 38.5 Å². The van der Waals surface area contributed by atoms with Gasteiger partial charge in [-0.2, -0.15) is 0 Å². The minimum atomic E-state index is -0.0195. The van der Waals surface area contributed by atoms with E-state index in [1.54, 1.807) is 0 Å². The molecule has 0 unspecified atom stereocenters. The number of hydrogen-bond donors (Lipinski definition) is 1. The van der Waals surface area contributed by atoms with Crippen LogP contribution < -0.4 is 15.0 Å². The molecule has 2 aromatic rings. The summed E-state index contributed by atoms with van der Waals surface area (Å²) in [5.74, 6) is 2.23. The lowest BCUT2D eigenvalue weighted by atomic mass is 10.1. The molecule has 0 atom stereocenters. The Morgan fingerprint density at radius 3 is 2.72 bits per heavy atom. The van der Waals surface area contributed by atoms with Gasteiger partial charge in [-0.25, -0.2) is 4.98 Å². The summed E-state index contributed by atoms with van der Waals surface area (Å²) in [4.78, 5) is 21.7. The van der Waals surface area contributed by atoms with Gasteiger partial charge in [-0.15, -0.1) is 0 Å². The summed E-state index contributed by atoms with van der Waals surface area (Å²) < 4.78 is 11.3. The number of nitrogens with zero attached hydrogens (tertiary/aromatic N) is 2. The Morgan fingerprint density at radius 1 is 1.20 bits per heavy atom. The average Bonchev–Trinajstić information content (AvgIpc) is 2.58. The van der Waals surface area contributed by atoms with Gasteiger partial charge in [0.15, 0.2) is 11.5 Å². The van der Waals surface area contributed by atoms with Crippen molar-refractivity contribution in [1.82, 2.24) is 14.9 Å². The van der Waals surface area contributed by atoms with Crippen LogP contribution in [-0.4, -0.2) is 34.6 Å². The number of aryl methyl sites for hydroxylation is 1. The topological polar surface area (TPSA) is 67.5 Å². The molecule has 2 heterocycles. The molecule has 0 aliphatic carbocycles. The maximum atomic E-state index is 12.2. The molecule has 1 aliphatic rings. The van der Waals surface area contributed by atoms with Crippen LogP contribution in [0.5, 0.6) is 11.5 Å². The molecule has 0 saturated carbocycles. The van der Waals surface area contributed by atoms with E-state index in [-0.39, 0.29) is 5.56 Å². The van der Waals surface area contributed by atoms with Crippen molar-refractivity contribution in [3.63, 3.8) is 0 Å². The number of hydrogen-bond acceptors (Lipinski definition) is 5. The van der Waals surface area contributed by atoms with E-state index in [2.05, 4.69) is 20.9 Å². The van der Waals surface area contributed by atoms with Gasteiger partial charge in [-0.1, -0.05) is 6.07 Å². The quantitative estimate of drug-likeness (QED) is 0.872. The zero-order valence-electron chi connectivity index (χ0n) is 15.1. The first-order valence-electron chi connectivity index (χ1n) is 8.80. The Bertz CT molecular complexity index is 801. The van der Waals surface area contributed by atoms with Crippen LogP contribution in [0, 0.1) is 6.92 Å². The van der Waals surface area contributed by atoms with Crippen LogP contribution in [0.3, 0.4) is 0 Å². The molecule has 0 saturated heterocycles. The van der Waals surface area contributed by atoms with Gasteiger partial charge in [0.05, 0.1) is 24.5 Å². The second kappa shape index (κ2) is 7.70. The number of aromatic amines is 1. The molecule has 6 heteroatoms. The third kappa shape index (κ3) is 4.02. The second-order valence-electron chi connectivity index (χ2n) is 6.18. The molecule has 134 valence electrons. The first-order valence-corrected chi connectivity index (χ1v) is 8.80. The number of ether oxygens (including phenoxy) is 2. The Hall–Kier alpha value is -2.34. The lowest BCUT2D eigenvalue weighted by molar-refractivity contribution is 0.240. The summed E-state index contributed by atoms with van der Waals surface area (Å²) in [7, 11) is 0. The van der Waals surface area contributed by atoms with Gasteiger partial charge in [-0.3, -0.25) is 9.69 Å². The maximum Gasteiger partial charge on any atom is 0.255 e. The molecular weight excluding hydrogens is 318 g/mol. The fourth-order valence-electron chi connectivity index (χ4n) is 3.19. The summed E-state index contributed by atoms with van der Waals surface area (Å²) in [6.45, 7) is 9.23. The molecule has 1 aromatic carbocycles. The number of fused-ring (bicyclic) bond motifs is 1. The minimum absolute atomic E-state index is 0.0195. The molecule has 1 N–H and O–H groups in total. The maximum absolute atomic E-state index is 12.2. The first-order chi connectivity index (χ1) is 12.1. The highest BCUT2D eigenvalue weighted by molar-refractivity contribution is 5.43. The number of benzene rings is 1. The first kappa shape index (κ1) is 17.5. The fourth-order valence-corrected chi connectivity index (χ4v) is 3.19. The van der Waals surface area contributed by atoms with E-state index in [1.807, 2.05) is 32.9 Å². The second-order valence-corrected chi connectivity index (χ2v) is 6.18. The van der Waals surface area contributed by atoms with E-state index in [4.69, 9.17) is 9.47 Å². The standard InChI is InChI=1S/C19H25N3O3/c1-4-24-17-7-6-14(10-18(17)25-5-2)11-22-9-8-16-15(12-22)19(23)21-13(3)20-16/h6-7,10H,4-5,8-9,11-12H2,1-3H3,(H,20,21,23). The van der Waals surface area contributed by atoms with Gasteiger partial charge >= 0.3 is 0 Å². The smallest absolute Gasteiger partial charge is 0.255 e. The fraction of sp³-hybridized carbons (Fsp3) is 0.474. The molecule has 1 aromatic heterocycles. The Morgan fingerprint density at radius 2 is 1.96 bits per heavy atom. The largest absolute Gasteiger partial charge is 0.490 e. The Kier molecular flexibility index (Phi) is 5.38. The van der Waals surface area contributed by atoms with E-state index in [0.29, 0.717) is 25.6 Å². The highest BCUT2D eigenvalue weighted by Crippen LogP contribution is 2.29. The molecule has 0 fully saturated rings. The van der Waals surface area contributed by atoms with Crippen LogP contribution >= 0.6 is 0 Å². The lowest BCUT2D eigenvalue weighted by Gasteiger charge is -2.27. The van der Waals surface area contributed by atoms with E-state index < -0.39 is 0 Å². The van der Waals surface area contributed by atoms with Crippen LogP contribution in [0.15, 0.2) is 23.0 Å². The van der Waals surface area contributed by atoms with E-state index in [1.165, 1.54) is 0 Å². The number of rotatable bonds is 6. The molecular formula is C19H25N3O3. The summed E-state index contributed by atoms with van der Waals surface area (Å²) in [6.07, 6.45) is 0.801. The van der Waals surface area contributed by atoms with Crippen LogP contribution in [-0.2, 0) is 19.5 Å². The summed E-state index contributed by atoms with van der Waals surface area (Å²) >= 11 is 0. The van der Waals surface area contributed by atoms with Crippen LogP contribution in [0.25, 0.3) is 0 Å². The van der Waals surface area contributed by atoms with E-state index >= 15 is 0 Å².